The van der Waals surface area contributed by atoms with Gasteiger partial charge < -0.3 is 15.5 Å². The molecule has 1 heterocycles. The summed E-state index contributed by atoms with van der Waals surface area (Å²) in [7, 11) is 1.39. The molecule has 0 saturated carbocycles. The number of nitrogens with one attached hydrogen (secondary N) is 2. The molecule has 1 fully saturated rings. The van der Waals surface area contributed by atoms with Crippen LogP contribution in [0.3, 0.4) is 0 Å². The van der Waals surface area contributed by atoms with Crippen molar-refractivity contribution in [1.82, 2.24) is 15.1 Å². The number of halogens is 1. The monoisotopic (exact) mass is 426 g/mol. The van der Waals surface area contributed by atoms with Gasteiger partial charge in [-0.15, -0.1) is 0 Å². The number of hydrogen-bond acceptors (Lipinski definition) is 4. The summed E-state index contributed by atoms with van der Waals surface area (Å²) >= 11 is 0. The third-order valence-corrected chi connectivity index (χ3v) is 5.18. The minimum Gasteiger partial charge on any atom is -0.335 e. The lowest BCUT2D eigenvalue weighted by Crippen LogP contribution is -2.46. The number of likely N-dealkylation sites (N-methyl/N-ethyl adjacent to an activating group) is 1. The highest BCUT2D eigenvalue weighted by molar-refractivity contribution is 6.09. The molecule has 1 saturated heterocycles. The van der Waals surface area contributed by atoms with Crippen LogP contribution in [0.15, 0.2) is 54.6 Å². The quantitative estimate of drug-likeness (QED) is 0.663. The van der Waals surface area contributed by atoms with E-state index in [-0.39, 0.29) is 12.2 Å². The smallest absolute Gasteiger partial charge is 0.325 e. The number of benzene rings is 2. The highest BCUT2D eigenvalue weighted by atomic mass is 19.1. The van der Waals surface area contributed by atoms with Crippen LogP contribution in [0, 0.1) is 5.82 Å². The molecule has 1 aliphatic heterocycles. The second kappa shape index (κ2) is 8.95. The molecule has 5 amide bonds. The van der Waals surface area contributed by atoms with Gasteiger partial charge >= 0.3 is 6.03 Å². The SMILES string of the molecule is CC[C@@]1(c2ccccc2)NC(=O)N(CC(=O)N(C)CC(=O)Nc2cccc(F)c2)C1=O. The summed E-state index contributed by atoms with van der Waals surface area (Å²) in [5.74, 6) is -2.14. The predicted molar refractivity (Wildman–Crippen MR) is 111 cm³/mol. The van der Waals surface area contributed by atoms with Crippen LogP contribution in [-0.4, -0.2) is 53.7 Å². The van der Waals surface area contributed by atoms with Crippen molar-refractivity contribution in [3.8, 4) is 0 Å². The van der Waals surface area contributed by atoms with Crippen molar-refractivity contribution in [3.05, 3.63) is 66.0 Å². The third-order valence-electron chi connectivity index (χ3n) is 5.18. The largest absolute Gasteiger partial charge is 0.335 e. The number of carbonyl (C=O) groups is 4. The van der Waals surface area contributed by atoms with Crippen molar-refractivity contribution < 1.29 is 23.6 Å². The van der Waals surface area contributed by atoms with Crippen LogP contribution in [0.2, 0.25) is 0 Å². The van der Waals surface area contributed by atoms with Gasteiger partial charge in [0.25, 0.3) is 5.91 Å². The molecule has 0 unspecified atom stereocenters. The van der Waals surface area contributed by atoms with Crippen molar-refractivity contribution in [3.63, 3.8) is 0 Å². The summed E-state index contributed by atoms with van der Waals surface area (Å²) in [4.78, 5) is 52.3. The second-order valence-corrected chi connectivity index (χ2v) is 7.25. The van der Waals surface area contributed by atoms with Crippen LogP contribution in [0.1, 0.15) is 18.9 Å². The van der Waals surface area contributed by atoms with Gasteiger partial charge in [0.1, 0.15) is 17.9 Å². The van der Waals surface area contributed by atoms with E-state index < -0.39 is 41.7 Å². The molecule has 3 rings (SSSR count). The topological polar surface area (TPSA) is 98.8 Å². The number of hydrogen-bond donors (Lipinski definition) is 2. The first-order valence-electron chi connectivity index (χ1n) is 9.76. The van der Waals surface area contributed by atoms with Crippen LogP contribution in [-0.2, 0) is 19.9 Å². The molecule has 0 bridgehead atoms. The van der Waals surface area contributed by atoms with Crippen molar-refractivity contribution in [1.29, 1.82) is 0 Å². The minimum atomic E-state index is -1.23. The maximum Gasteiger partial charge on any atom is 0.325 e. The molecule has 8 nitrogen and oxygen atoms in total. The molecule has 2 aromatic rings. The lowest BCUT2D eigenvalue weighted by Gasteiger charge is -2.26. The molecule has 162 valence electrons. The zero-order chi connectivity index (χ0) is 22.6. The molecular formula is C22H23FN4O4. The van der Waals surface area contributed by atoms with E-state index in [0.717, 1.165) is 15.9 Å². The van der Waals surface area contributed by atoms with E-state index in [9.17, 15) is 23.6 Å². The van der Waals surface area contributed by atoms with Crippen molar-refractivity contribution >= 4 is 29.4 Å². The normalized spacial score (nSPS) is 18.0. The minimum absolute atomic E-state index is 0.260. The molecule has 0 aliphatic carbocycles. The summed E-state index contributed by atoms with van der Waals surface area (Å²) in [6, 6.07) is 13.5. The summed E-state index contributed by atoms with van der Waals surface area (Å²) in [5.41, 5.74) is -0.337. The Balaban J connectivity index is 1.64. The Kier molecular flexibility index (Phi) is 6.33. The fourth-order valence-corrected chi connectivity index (χ4v) is 3.46. The molecule has 31 heavy (non-hydrogen) atoms. The molecule has 1 aliphatic rings. The van der Waals surface area contributed by atoms with Crippen molar-refractivity contribution in [2.24, 2.45) is 0 Å². The number of rotatable bonds is 7. The zero-order valence-corrected chi connectivity index (χ0v) is 17.2. The Morgan fingerprint density at radius 2 is 1.84 bits per heavy atom. The average Bonchev–Trinajstić information content (AvgIpc) is 2.99. The first-order chi connectivity index (χ1) is 14.8. The van der Waals surface area contributed by atoms with Gasteiger partial charge in [-0.05, 0) is 30.2 Å². The Hall–Kier alpha value is -3.75. The van der Waals surface area contributed by atoms with Crippen molar-refractivity contribution in [2.75, 3.05) is 25.5 Å². The van der Waals surface area contributed by atoms with Gasteiger partial charge in [-0.2, -0.15) is 0 Å². The van der Waals surface area contributed by atoms with E-state index in [0.29, 0.717) is 12.0 Å². The van der Waals surface area contributed by atoms with Gasteiger partial charge in [0.05, 0.1) is 6.54 Å². The lowest BCUT2D eigenvalue weighted by atomic mass is 9.87. The number of imide groups is 1. The summed E-state index contributed by atoms with van der Waals surface area (Å²) < 4.78 is 13.2. The summed E-state index contributed by atoms with van der Waals surface area (Å²) in [6.45, 7) is 0.957. The third kappa shape index (κ3) is 4.55. The molecule has 0 aromatic heterocycles. The number of urea groups is 1. The second-order valence-electron chi connectivity index (χ2n) is 7.25. The maximum absolute atomic E-state index is 13.2. The molecular weight excluding hydrogens is 403 g/mol. The number of nitrogens with zero attached hydrogens (tertiary/aromatic N) is 2. The van der Waals surface area contributed by atoms with Crippen LogP contribution < -0.4 is 10.6 Å². The fraction of sp³-hybridized carbons (Fsp3) is 0.273. The van der Waals surface area contributed by atoms with Gasteiger partial charge in [-0.25, -0.2) is 9.18 Å². The predicted octanol–water partition coefficient (Wildman–Crippen LogP) is 2.08. The van der Waals surface area contributed by atoms with E-state index in [1.54, 1.807) is 37.3 Å². The number of carbonyl (C=O) groups excluding carboxylic acids is 4. The highest BCUT2D eigenvalue weighted by Crippen LogP contribution is 2.32. The van der Waals surface area contributed by atoms with E-state index in [2.05, 4.69) is 10.6 Å². The van der Waals surface area contributed by atoms with Gasteiger partial charge in [-0.1, -0.05) is 43.3 Å². The van der Waals surface area contributed by atoms with Crippen LogP contribution in [0.5, 0.6) is 0 Å². The molecule has 0 radical (unpaired) electrons. The highest BCUT2D eigenvalue weighted by Gasteiger charge is 2.51. The molecule has 1 atom stereocenters. The Morgan fingerprint density at radius 1 is 1.13 bits per heavy atom. The zero-order valence-electron chi connectivity index (χ0n) is 17.2. The van der Waals surface area contributed by atoms with E-state index in [1.165, 1.54) is 25.2 Å². The summed E-state index contributed by atoms with van der Waals surface area (Å²) in [5, 5.41) is 5.20. The first-order valence-corrected chi connectivity index (χ1v) is 9.76. The Morgan fingerprint density at radius 3 is 2.48 bits per heavy atom. The van der Waals surface area contributed by atoms with Crippen LogP contribution >= 0.6 is 0 Å². The van der Waals surface area contributed by atoms with E-state index >= 15 is 0 Å². The number of amides is 5. The first kappa shape index (κ1) is 21.9. The van der Waals surface area contributed by atoms with Gasteiger partial charge in [0, 0.05) is 12.7 Å². The Labute approximate surface area is 179 Å². The molecule has 0 spiro atoms. The van der Waals surface area contributed by atoms with Crippen molar-refractivity contribution in [2.45, 2.75) is 18.9 Å². The van der Waals surface area contributed by atoms with Crippen LogP contribution in [0.4, 0.5) is 14.9 Å². The van der Waals surface area contributed by atoms with E-state index in [1.807, 2.05) is 0 Å². The average molecular weight is 426 g/mol. The molecule has 2 aromatic carbocycles. The van der Waals surface area contributed by atoms with Gasteiger partial charge in [0.2, 0.25) is 11.8 Å². The van der Waals surface area contributed by atoms with Gasteiger partial charge in [-0.3, -0.25) is 19.3 Å². The molecule has 2 N–H and O–H groups in total. The lowest BCUT2D eigenvalue weighted by molar-refractivity contribution is -0.139. The Bertz CT molecular complexity index is 1010. The van der Waals surface area contributed by atoms with Gasteiger partial charge in [0.15, 0.2) is 0 Å². The summed E-state index contributed by atoms with van der Waals surface area (Å²) in [6.07, 6.45) is 0.318. The molecule has 9 heteroatoms. The maximum atomic E-state index is 13.2. The standard InChI is InChI=1S/C22H23FN4O4/c1-3-22(15-8-5-4-6-9-15)20(30)27(21(31)25-22)14-19(29)26(2)13-18(28)24-17-11-7-10-16(23)12-17/h4-12H,3,13-14H2,1-2H3,(H,24,28)(H,25,31)/t22-/m0/s1. The van der Waals surface area contributed by atoms with Crippen LogP contribution in [0.25, 0.3) is 0 Å². The fourth-order valence-electron chi connectivity index (χ4n) is 3.46. The number of anilines is 1. The van der Waals surface area contributed by atoms with E-state index in [4.69, 9.17) is 0 Å².